The average Bonchev–Trinajstić information content (AvgIpc) is 2.17. The monoisotopic (exact) mass is 184 g/mol. The molecule has 2 heteroatoms. The highest BCUT2D eigenvalue weighted by Crippen LogP contribution is 2.29. The van der Waals surface area contributed by atoms with Gasteiger partial charge in [0.25, 0.3) is 0 Å². The Morgan fingerprint density at radius 2 is 1.85 bits per heavy atom. The van der Waals surface area contributed by atoms with Gasteiger partial charge in [0.1, 0.15) is 5.78 Å². The smallest absolute Gasteiger partial charge is 0.135 e. The van der Waals surface area contributed by atoms with Gasteiger partial charge in [-0.25, -0.2) is 0 Å². The SMILES string of the molecule is CC(=O)[C@@H](C)[C@H](O)C1CCCCC1. The molecule has 2 nitrogen and oxygen atoms in total. The summed E-state index contributed by atoms with van der Waals surface area (Å²) >= 11 is 0. The molecule has 2 atom stereocenters. The summed E-state index contributed by atoms with van der Waals surface area (Å²) in [5.74, 6) is 0.300. The number of rotatable bonds is 3. The summed E-state index contributed by atoms with van der Waals surface area (Å²) < 4.78 is 0. The minimum Gasteiger partial charge on any atom is -0.392 e. The van der Waals surface area contributed by atoms with E-state index in [4.69, 9.17) is 0 Å². The van der Waals surface area contributed by atoms with Crippen LogP contribution in [-0.4, -0.2) is 17.0 Å². The van der Waals surface area contributed by atoms with Gasteiger partial charge in [-0.1, -0.05) is 26.2 Å². The Morgan fingerprint density at radius 1 is 1.31 bits per heavy atom. The fourth-order valence-electron chi connectivity index (χ4n) is 2.12. The molecule has 1 aliphatic rings. The number of Topliss-reactive ketones (excluding diaryl/α,β-unsaturated/α-hetero) is 1. The summed E-state index contributed by atoms with van der Waals surface area (Å²) in [6.45, 7) is 3.40. The number of aliphatic hydroxyl groups excluding tert-OH is 1. The van der Waals surface area contributed by atoms with E-state index in [1.807, 2.05) is 6.92 Å². The second-order valence-corrected chi connectivity index (χ2v) is 4.29. The van der Waals surface area contributed by atoms with Crippen molar-refractivity contribution in [3.8, 4) is 0 Å². The molecule has 0 aromatic heterocycles. The molecule has 1 rings (SSSR count). The first kappa shape index (κ1) is 10.7. The van der Waals surface area contributed by atoms with E-state index >= 15 is 0 Å². The zero-order chi connectivity index (χ0) is 9.84. The van der Waals surface area contributed by atoms with Crippen molar-refractivity contribution in [2.24, 2.45) is 11.8 Å². The number of carbonyl (C=O) groups excluding carboxylic acids is 1. The number of hydrogen-bond donors (Lipinski definition) is 1. The summed E-state index contributed by atoms with van der Waals surface area (Å²) in [4.78, 5) is 11.1. The van der Waals surface area contributed by atoms with Crippen LogP contribution in [0.3, 0.4) is 0 Å². The van der Waals surface area contributed by atoms with Gasteiger partial charge in [0.2, 0.25) is 0 Å². The Bertz CT molecular complexity index is 171. The normalized spacial score (nSPS) is 23.9. The van der Waals surface area contributed by atoms with Crippen LogP contribution < -0.4 is 0 Å². The highest BCUT2D eigenvalue weighted by molar-refractivity contribution is 5.78. The van der Waals surface area contributed by atoms with Gasteiger partial charge in [-0.15, -0.1) is 0 Å². The van der Waals surface area contributed by atoms with Crippen LogP contribution in [0.4, 0.5) is 0 Å². The predicted molar refractivity (Wildman–Crippen MR) is 52.4 cm³/mol. The third kappa shape index (κ3) is 2.80. The molecule has 0 aromatic carbocycles. The molecule has 0 amide bonds. The molecule has 0 heterocycles. The van der Waals surface area contributed by atoms with E-state index in [1.165, 1.54) is 19.3 Å². The van der Waals surface area contributed by atoms with E-state index in [0.29, 0.717) is 5.92 Å². The van der Waals surface area contributed by atoms with E-state index in [2.05, 4.69) is 0 Å². The predicted octanol–water partition coefficient (Wildman–Crippen LogP) is 2.15. The molecule has 13 heavy (non-hydrogen) atoms. The lowest BCUT2D eigenvalue weighted by Gasteiger charge is -2.29. The minimum atomic E-state index is -0.405. The molecular formula is C11H20O2. The van der Waals surface area contributed by atoms with Gasteiger partial charge >= 0.3 is 0 Å². The van der Waals surface area contributed by atoms with Gasteiger partial charge in [-0.2, -0.15) is 0 Å². The number of aliphatic hydroxyl groups is 1. The Labute approximate surface area is 80.3 Å². The van der Waals surface area contributed by atoms with E-state index in [-0.39, 0.29) is 11.7 Å². The maximum atomic E-state index is 11.1. The molecule has 1 fully saturated rings. The fourth-order valence-corrected chi connectivity index (χ4v) is 2.12. The lowest BCUT2D eigenvalue weighted by atomic mass is 9.80. The van der Waals surface area contributed by atoms with Crippen molar-refractivity contribution in [2.75, 3.05) is 0 Å². The quantitative estimate of drug-likeness (QED) is 0.729. The van der Waals surface area contributed by atoms with Gasteiger partial charge in [0.05, 0.1) is 6.10 Å². The molecule has 0 unspecified atom stereocenters. The summed E-state index contributed by atoms with van der Waals surface area (Å²) in [7, 11) is 0. The Morgan fingerprint density at radius 3 is 2.31 bits per heavy atom. The molecule has 0 aliphatic heterocycles. The van der Waals surface area contributed by atoms with Crippen LogP contribution in [0.25, 0.3) is 0 Å². The maximum absolute atomic E-state index is 11.1. The zero-order valence-electron chi connectivity index (χ0n) is 8.62. The average molecular weight is 184 g/mol. The van der Waals surface area contributed by atoms with Crippen molar-refractivity contribution < 1.29 is 9.90 Å². The molecule has 0 aromatic rings. The standard InChI is InChI=1S/C11H20O2/c1-8(9(2)12)11(13)10-6-4-3-5-7-10/h8,10-11,13H,3-7H2,1-2H3/t8-,11+/m1/s1. The molecule has 1 saturated carbocycles. The van der Waals surface area contributed by atoms with Gasteiger partial charge in [-0.05, 0) is 25.7 Å². The topological polar surface area (TPSA) is 37.3 Å². The zero-order valence-corrected chi connectivity index (χ0v) is 8.62. The van der Waals surface area contributed by atoms with Crippen molar-refractivity contribution in [2.45, 2.75) is 52.1 Å². The van der Waals surface area contributed by atoms with Crippen molar-refractivity contribution in [3.63, 3.8) is 0 Å². The van der Waals surface area contributed by atoms with Gasteiger partial charge in [0.15, 0.2) is 0 Å². The Hall–Kier alpha value is -0.370. The molecule has 76 valence electrons. The largest absolute Gasteiger partial charge is 0.392 e. The van der Waals surface area contributed by atoms with Gasteiger partial charge < -0.3 is 5.11 Å². The summed E-state index contributed by atoms with van der Waals surface area (Å²) in [5.41, 5.74) is 0. The highest BCUT2D eigenvalue weighted by Gasteiger charge is 2.28. The third-order valence-electron chi connectivity index (χ3n) is 3.29. The molecule has 0 spiro atoms. The third-order valence-corrected chi connectivity index (χ3v) is 3.29. The van der Waals surface area contributed by atoms with Crippen LogP contribution in [0.1, 0.15) is 46.0 Å². The Balaban J connectivity index is 2.44. The molecule has 0 radical (unpaired) electrons. The van der Waals surface area contributed by atoms with Crippen molar-refractivity contribution in [1.29, 1.82) is 0 Å². The molecule has 1 aliphatic carbocycles. The summed E-state index contributed by atoms with van der Waals surface area (Å²) in [5, 5.41) is 9.89. The highest BCUT2D eigenvalue weighted by atomic mass is 16.3. The Kier molecular flexibility index (Phi) is 3.91. The van der Waals surface area contributed by atoms with Crippen molar-refractivity contribution >= 4 is 5.78 Å². The van der Waals surface area contributed by atoms with Crippen molar-refractivity contribution in [3.05, 3.63) is 0 Å². The molecular weight excluding hydrogens is 164 g/mol. The van der Waals surface area contributed by atoms with E-state index in [9.17, 15) is 9.90 Å². The first-order valence-electron chi connectivity index (χ1n) is 5.31. The minimum absolute atomic E-state index is 0.109. The lowest BCUT2D eigenvalue weighted by Crippen LogP contribution is -2.32. The first-order valence-corrected chi connectivity index (χ1v) is 5.31. The molecule has 0 bridgehead atoms. The van der Waals surface area contributed by atoms with E-state index in [1.54, 1.807) is 6.92 Å². The maximum Gasteiger partial charge on any atom is 0.135 e. The van der Waals surface area contributed by atoms with Crippen LogP contribution in [0.2, 0.25) is 0 Å². The molecule has 1 N–H and O–H groups in total. The second kappa shape index (κ2) is 4.75. The van der Waals surface area contributed by atoms with Gasteiger partial charge in [-0.3, -0.25) is 4.79 Å². The van der Waals surface area contributed by atoms with Crippen LogP contribution in [0, 0.1) is 11.8 Å². The van der Waals surface area contributed by atoms with Crippen molar-refractivity contribution in [1.82, 2.24) is 0 Å². The second-order valence-electron chi connectivity index (χ2n) is 4.29. The number of carbonyl (C=O) groups is 1. The summed E-state index contributed by atoms with van der Waals surface area (Å²) in [6.07, 6.45) is 5.51. The summed E-state index contributed by atoms with van der Waals surface area (Å²) in [6, 6.07) is 0. The van der Waals surface area contributed by atoms with E-state index < -0.39 is 6.10 Å². The lowest BCUT2D eigenvalue weighted by molar-refractivity contribution is -0.125. The van der Waals surface area contributed by atoms with E-state index in [0.717, 1.165) is 12.8 Å². The number of hydrogen-bond acceptors (Lipinski definition) is 2. The van der Waals surface area contributed by atoms with Crippen LogP contribution in [0.5, 0.6) is 0 Å². The number of ketones is 1. The van der Waals surface area contributed by atoms with Gasteiger partial charge in [0, 0.05) is 5.92 Å². The van der Waals surface area contributed by atoms with Crippen LogP contribution in [0.15, 0.2) is 0 Å². The fraction of sp³-hybridized carbons (Fsp3) is 0.909. The first-order chi connectivity index (χ1) is 6.13. The van der Waals surface area contributed by atoms with Crippen LogP contribution in [-0.2, 0) is 4.79 Å². The molecule has 0 saturated heterocycles. The van der Waals surface area contributed by atoms with Crippen LogP contribution >= 0.6 is 0 Å².